The monoisotopic (exact) mass is 405 g/mol. The molecule has 0 bridgehead atoms. The van der Waals surface area contributed by atoms with Crippen LogP contribution in [-0.2, 0) is 30.7 Å². The van der Waals surface area contributed by atoms with Crippen molar-refractivity contribution in [3.8, 4) is 0 Å². The zero-order chi connectivity index (χ0) is 19.9. The average molecular weight is 406 g/mol. The first-order chi connectivity index (χ1) is 13.6. The number of ether oxygens (including phenoxy) is 1. The molecule has 0 radical (unpaired) electrons. The first kappa shape index (κ1) is 20.7. The molecule has 1 aliphatic heterocycles. The second kappa shape index (κ2) is 9.97. The zero-order valence-electron chi connectivity index (χ0n) is 17.2. The van der Waals surface area contributed by atoms with E-state index in [1.54, 1.807) is 18.4 Å². The molecule has 0 fully saturated rings. The summed E-state index contributed by atoms with van der Waals surface area (Å²) in [5.41, 5.74) is 1.13. The van der Waals surface area contributed by atoms with Crippen LogP contribution in [-0.4, -0.2) is 51.9 Å². The summed E-state index contributed by atoms with van der Waals surface area (Å²) in [6.45, 7) is 9.24. The van der Waals surface area contributed by atoms with Crippen LogP contribution in [0.4, 0.5) is 0 Å². The minimum absolute atomic E-state index is 0.286. The second-order valence-electron chi connectivity index (χ2n) is 7.28. The molecule has 1 aliphatic rings. The number of hydrogen-bond donors (Lipinski definition) is 2. The average Bonchev–Trinajstić information content (AvgIpc) is 3.28. The van der Waals surface area contributed by atoms with Gasteiger partial charge in [-0.15, -0.1) is 11.3 Å². The van der Waals surface area contributed by atoms with Gasteiger partial charge in [0.05, 0.1) is 17.2 Å². The van der Waals surface area contributed by atoms with Crippen LogP contribution in [0.1, 0.15) is 55.5 Å². The number of thiazole rings is 1. The van der Waals surface area contributed by atoms with E-state index in [1.807, 2.05) is 4.68 Å². The Bertz CT molecular complexity index is 783. The summed E-state index contributed by atoms with van der Waals surface area (Å²) in [5, 5.41) is 14.8. The summed E-state index contributed by atoms with van der Waals surface area (Å²) in [5.74, 6) is 3.13. The molecule has 3 rings (SSSR count). The Morgan fingerprint density at radius 3 is 3.00 bits per heavy atom. The second-order valence-corrected chi connectivity index (χ2v) is 8.17. The van der Waals surface area contributed by atoms with Crippen LogP contribution in [0.2, 0.25) is 0 Å². The number of aliphatic imine (C=N–C) groups is 1. The van der Waals surface area contributed by atoms with Gasteiger partial charge in [-0.25, -0.2) is 14.6 Å². The van der Waals surface area contributed by atoms with Crippen LogP contribution >= 0.6 is 11.3 Å². The Balaban J connectivity index is 1.55. The molecular weight excluding hydrogens is 374 g/mol. The molecule has 0 aliphatic carbocycles. The fourth-order valence-corrected chi connectivity index (χ4v) is 4.04. The van der Waals surface area contributed by atoms with E-state index in [0.717, 1.165) is 62.2 Å². The highest BCUT2D eigenvalue weighted by Gasteiger charge is 2.22. The third kappa shape index (κ3) is 5.51. The van der Waals surface area contributed by atoms with E-state index in [1.165, 1.54) is 5.01 Å². The molecule has 0 spiro atoms. The molecule has 1 atom stereocenters. The standard InChI is InChI=1S/C19H31N7OS/c1-5-20-19(21-9-8-15-12-28-18(22-15)13(2)3)23-14-6-7-17-24-16(11-27-4)25-26(17)10-14/h12-14H,5-11H2,1-4H3,(H2,20,21,23). The topological polar surface area (TPSA) is 89.2 Å². The van der Waals surface area contributed by atoms with Gasteiger partial charge in [-0.2, -0.15) is 5.10 Å². The number of nitrogens with one attached hydrogen (secondary N) is 2. The van der Waals surface area contributed by atoms with Crippen molar-refractivity contribution >= 4 is 17.3 Å². The first-order valence-corrected chi connectivity index (χ1v) is 10.9. The zero-order valence-corrected chi connectivity index (χ0v) is 18.1. The summed E-state index contributed by atoms with van der Waals surface area (Å²) in [4.78, 5) is 14.0. The number of methoxy groups -OCH3 is 1. The number of rotatable bonds is 8. The molecule has 0 amide bonds. The molecule has 0 aromatic carbocycles. The fourth-order valence-electron chi connectivity index (χ4n) is 3.17. The summed E-state index contributed by atoms with van der Waals surface area (Å²) in [7, 11) is 1.67. The Hall–Kier alpha value is -2.00. The predicted octanol–water partition coefficient (Wildman–Crippen LogP) is 2.12. The minimum atomic E-state index is 0.286. The highest BCUT2D eigenvalue weighted by atomic mass is 32.1. The predicted molar refractivity (Wildman–Crippen MR) is 112 cm³/mol. The van der Waals surface area contributed by atoms with E-state index in [0.29, 0.717) is 12.5 Å². The summed E-state index contributed by atoms with van der Waals surface area (Å²) >= 11 is 1.74. The number of aryl methyl sites for hydroxylation is 1. The van der Waals surface area contributed by atoms with Gasteiger partial charge in [0.1, 0.15) is 12.4 Å². The van der Waals surface area contributed by atoms with Gasteiger partial charge >= 0.3 is 0 Å². The van der Waals surface area contributed by atoms with Gasteiger partial charge in [0, 0.05) is 50.4 Å². The molecule has 154 valence electrons. The minimum Gasteiger partial charge on any atom is -0.377 e. The lowest BCUT2D eigenvalue weighted by molar-refractivity contribution is 0.177. The Kier molecular flexibility index (Phi) is 7.38. The third-order valence-electron chi connectivity index (χ3n) is 4.56. The molecule has 0 saturated heterocycles. The molecule has 9 heteroatoms. The van der Waals surface area contributed by atoms with E-state index in [9.17, 15) is 0 Å². The molecule has 1 unspecified atom stereocenters. The van der Waals surface area contributed by atoms with Crippen molar-refractivity contribution in [3.63, 3.8) is 0 Å². The molecule has 8 nitrogen and oxygen atoms in total. The summed E-state index contributed by atoms with van der Waals surface area (Å²) in [6, 6.07) is 0.286. The number of hydrogen-bond acceptors (Lipinski definition) is 6. The molecule has 28 heavy (non-hydrogen) atoms. The SMILES string of the molecule is CCNC(=NCCc1csc(C(C)C)n1)NC1CCc2nc(COC)nn2C1. The van der Waals surface area contributed by atoms with Gasteiger partial charge < -0.3 is 15.4 Å². The van der Waals surface area contributed by atoms with Crippen LogP contribution in [0.15, 0.2) is 10.4 Å². The molecule has 3 heterocycles. The van der Waals surface area contributed by atoms with Crippen LogP contribution < -0.4 is 10.6 Å². The van der Waals surface area contributed by atoms with Crippen LogP contribution in [0, 0.1) is 0 Å². The fraction of sp³-hybridized carbons (Fsp3) is 0.684. The van der Waals surface area contributed by atoms with Crippen LogP contribution in [0.5, 0.6) is 0 Å². The quantitative estimate of drug-likeness (QED) is 0.517. The van der Waals surface area contributed by atoms with Gasteiger partial charge in [-0.3, -0.25) is 4.99 Å². The molecular formula is C19H31N7OS. The van der Waals surface area contributed by atoms with Crippen molar-refractivity contribution in [2.24, 2.45) is 4.99 Å². The van der Waals surface area contributed by atoms with Gasteiger partial charge in [0.2, 0.25) is 0 Å². The van der Waals surface area contributed by atoms with E-state index in [-0.39, 0.29) is 6.04 Å². The number of fused-ring (bicyclic) bond motifs is 1. The Morgan fingerprint density at radius 2 is 2.29 bits per heavy atom. The van der Waals surface area contributed by atoms with Crippen molar-refractivity contribution in [2.75, 3.05) is 20.2 Å². The van der Waals surface area contributed by atoms with E-state index in [2.05, 4.69) is 46.9 Å². The lowest BCUT2D eigenvalue weighted by Gasteiger charge is -2.25. The third-order valence-corrected chi connectivity index (χ3v) is 5.76. The largest absolute Gasteiger partial charge is 0.377 e. The van der Waals surface area contributed by atoms with Gasteiger partial charge in [-0.1, -0.05) is 13.8 Å². The smallest absolute Gasteiger partial charge is 0.191 e. The maximum Gasteiger partial charge on any atom is 0.191 e. The number of guanidine groups is 1. The molecule has 0 saturated carbocycles. The molecule has 2 aromatic rings. The Morgan fingerprint density at radius 1 is 1.43 bits per heavy atom. The van der Waals surface area contributed by atoms with Crippen molar-refractivity contribution < 1.29 is 4.74 Å². The van der Waals surface area contributed by atoms with E-state index >= 15 is 0 Å². The van der Waals surface area contributed by atoms with Crippen LogP contribution in [0.25, 0.3) is 0 Å². The van der Waals surface area contributed by atoms with Crippen LogP contribution in [0.3, 0.4) is 0 Å². The molecule has 2 N–H and O–H groups in total. The van der Waals surface area contributed by atoms with Gasteiger partial charge in [0.25, 0.3) is 0 Å². The highest BCUT2D eigenvalue weighted by molar-refractivity contribution is 7.09. The van der Waals surface area contributed by atoms with Crippen molar-refractivity contribution in [1.82, 2.24) is 30.4 Å². The van der Waals surface area contributed by atoms with E-state index < -0.39 is 0 Å². The number of nitrogens with zero attached hydrogens (tertiary/aromatic N) is 5. The van der Waals surface area contributed by atoms with Gasteiger partial charge in [-0.05, 0) is 13.3 Å². The van der Waals surface area contributed by atoms with Gasteiger partial charge in [0.15, 0.2) is 11.8 Å². The van der Waals surface area contributed by atoms with E-state index in [4.69, 9.17) is 14.7 Å². The van der Waals surface area contributed by atoms with Crippen molar-refractivity contribution in [3.05, 3.63) is 27.7 Å². The summed E-state index contributed by atoms with van der Waals surface area (Å²) < 4.78 is 7.12. The highest BCUT2D eigenvalue weighted by Crippen LogP contribution is 2.19. The lowest BCUT2D eigenvalue weighted by atomic mass is 10.1. The van der Waals surface area contributed by atoms with Crippen molar-refractivity contribution in [2.45, 2.75) is 65.1 Å². The first-order valence-electron chi connectivity index (χ1n) is 9.99. The Labute approximate surface area is 170 Å². The maximum absolute atomic E-state index is 5.14. The molecule has 2 aromatic heterocycles. The summed E-state index contributed by atoms with van der Waals surface area (Å²) in [6.07, 6.45) is 2.78. The number of aromatic nitrogens is 4. The lowest BCUT2D eigenvalue weighted by Crippen LogP contribution is -2.47. The maximum atomic E-state index is 5.14. The normalized spacial score (nSPS) is 17.0. The van der Waals surface area contributed by atoms with Crippen molar-refractivity contribution in [1.29, 1.82) is 0 Å².